The second-order valence-electron chi connectivity index (χ2n) is 9.31. The lowest BCUT2D eigenvalue weighted by molar-refractivity contribution is 0.0369. The number of fused-ring (bicyclic) bond motifs is 5. The Morgan fingerprint density at radius 1 is 1.15 bits per heavy atom. The molecule has 2 heteroatoms. The van der Waals surface area contributed by atoms with Gasteiger partial charge in [0.2, 0.25) is 0 Å². The summed E-state index contributed by atoms with van der Waals surface area (Å²) in [6, 6.07) is 4.25. The Bertz CT molecular complexity index is 820. The van der Waals surface area contributed by atoms with Crippen molar-refractivity contribution in [2.45, 2.75) is 58.5 Å². The summed E-state index contributed by atoms with van der Waals surface area (Å²) in [6.07, 6.45) is 17.7. The fraction of sp³-hybridized carbons (Fsp3) is 0.542. The molecule has 1 aromatic rings. The molecule has 0 radical (unpaired) electrons. The normalized spacial score (nSPS) is 41.3. The Morgan fingerprint density at radius 2 is 2.04 bits per heavy atom. The molecule has 0 aromatic carbocycles. The highest BCUT2D eigenvalue weighted by Crippen LogP contribution is 2.64. The largest absolute Gasteiger partial charge is 0.393 e. The quantitative estimate of drug-likeness (QED) is 0.698. The number of allylic oxidation sites excluding steroid dienone is 5. The van der Waals surface area contributed by atoms with Gasteiger partial charge in [-0.05, 0) is 73.0 Å². The van der Waals surface area contributed by atoms with Gasteiger partial charge in [0.15, 0.2) is 0 Å². The minimum atomic E-state index is -0.121. The molecule has 4 aliphatic carbocycles. The van der Waals surface area contributed by atoms with E-state index < -0.39 is 0 Å². The molecule has 0 aliphatic heterocycles. The Kier molecular flexibility index (Phi) is 3.59. The number of nitrogens with zero attached hydrogens (tertiary/aromatic N) is 1. The molecule has 0 saturated heterocycles. The number of hydrogen-bond acceptors (Lipinski definition) is 2. The minimum Gasteiger partial charge on any atom is -0.393 e. The average molecular weight is 348 g/mol. The van der Waals surface area contributed by atoms with Gasteiger partial charge in [-0.15, -0.1) is 0 Å². The molecule has 136 valence electrons. The molecule has 26 heavy (non-hydrogen) atoms. The van der Waals surface area contributed by atoms with E-state index in [2.05, 4.69) is 43.1 Å². The monoisotopic (exact) mass is 347 g/mol. The van der Waals surface area contributed by atoms with E-state index in [9.17, 15) is 5.11 Å². The fourth-order valence-corrected chi connectivity index (χ4v) is 6.59. The fourth-order valence-electron chi connectivity index (χ4n) is 6.59. The maximum atomic E-state index is 10.1. The molecule has 2 nitrogen and oxygen atoms in total. The molecular formula is C24H29NO. The van der Waals surface area contributed by atoms with Crippen LogP contribution in [0.1, 0.15) is 57.9 Å². The number of hydrogen-bond donors (Lipinski definition) is 1. The third-order valence-electron chi connectivity index (χ3n) is 8.10. The maximum Gasteiger partial charge on any atom is 0.0577 e. The zero-order chi connectivity index (χ0) is 17.9. The Labute approximate surface area is 156 Å². The van der Waals surface area contributed by atoms with E-state index in [1.807, 2.05) is 18.5 Å². The van der Waals surface area contributed by atoms with E-state index in [1.165, 1.54) is 24.0 Å². The van der Waals surface area contributed by atoms with E-state index in [4.69, 9.17) is 0 Å². The van der Waals surface area contributed by atoms with E-state index in [0.29, 0.717) is 11.3 Å². The van der Waals surface area contributed by atoms with Gasteiger partial charge in [-0.2, -0.15) is 0 Å². The lowest BCUT2D eigenvalue weighted by Gasteiger charge is -2.56. The lowest BCUT2D eigenvalue weighted by atomic mass is 9.49. The standard InChI is InChI=1S/C24H29NO/c1-23-11-9-18(26)14-17(23)5-6-19-21-8-7-20(16-4-3-13-25-15-16)24(21,2)12-10-22(19)23/h3-5,7-8,13,15,18-19,22,26H,6,9-12,14H2,1-2H3. The van der Waals surface area contributed by atoms with Gasteiger partial charge in [-0.25, -0.2) is 0 Å². The first kappa shape index (κ1) is 16.5. The van der Waals surface area contributed by atoms with Crippen molar-refractivity contribution in [2.75, 3.05) is 0 Å². The average Bonchev–Trinajstić information content (AvgIpc) is 3.00. The molecule has 0 amide bonds. The molecule has 2 saturated carbocycles. The second kappa shape index (κ2) is 5.66. The van der Waals surface area contributed by atoms with Crippen LogP contribution in [-0.2, 0) is 0 Å². The molecule has 1 aromatic heterocycles. The molecule has 5 unspecified atom stereocenters. The first-order valence-electron chi connectivity index (χ1n) is 10.2. The van der Waals surface area contributed by atoms with Gasteiger partial charge in [0, 0.05) is 17.8 Å². The van der Waals surface area contributed by atoms with E-state index >= 15 is 0 Å². The lowest BCUT2D eigenvalue weighted by Crippen LogP contribution is -2.47. The summed E-state index contributed by atoms with van der Waals surface area (Å²) in [5, 5.41) is 10.1. The van der Waals surface area contributed by atoms with Gasteiger partial charge >= 0.3 is 0 Å². The van der Waals surface area contributed by atoms with Gasteiger partial charge in [-0.1, -0.05) is 49.3 Å². The molecule has 5 atom stereocenters. The smallest absolute Gasteiger partial charge is 0.0577 e. The SMILES string of the molecule is CC12CCC3C(CC=C4CC(O)CCC43C)C1=CC=C2c1cccnc1. The molecule has 2 fully saturated rings. The Balaban J connectivity index is 1.50. The number of pyridine rings is 1. The van der Waals surface area contributed by atoms with Crippen LogP contribution in [0.15, 0.2) is 53.9 Å². The number of aliphatic hydroxyl groups is 1. The molecule has 0 spiro atoms. The molecular weight excluding hydrogens is 318 g/mol. The van der Waals surface area contributed by atoms with E-state index in [-0.39, 0.29) is 11.5 Å². The topological polar surface area (TPSA) is 33.1 Å². The number of rotatable bonds is 1. The van der Waals surface area contributed by atoms with Crippen molar-refractivity contribution in [1.29, 1.82) is 0 Å². The summed E-state index contributed by atoms with van der Waals surface area (Å²) in [4.78, 5) is 4.35. The van der Waals surface area contributed by atoms with Crippen LogP contribution in [0.4, 0.5) is 0 Å². The van der Waals surface area contributed by atoms with Crippen molar-refractivity contribution in [3.05, 3.63) is 59.5 Å². The highest BCUT2D eigenvalue weighted by molar-refractivity contribution is 5.78. The van der Waals surface area contributed by atoms with Crippen molar-refractivity contribution in [2.24, 2.45) is 22.7 Å². The third-order valence-corrected chi connectivity index (χ3v) is 8.10. The van der Waals surface area contributed by atoms with Crippen LogP contribution in [0, 0.1) is 22.7 Å². The third kappa shape index (κ3) is 2.18. The van der Waals surface area contributed by atoms with E-state index in [1.54, 1.807) is 11.1 Å². The summed E-state index contributed by atoms with van der Waals surface area (Å²) in [7, 11) is 0. The molecule has 1 heterocycles. The van der Waals surface area contributed by atoms with Crippen LogP contribution in [0.2, 0.25) is 0 Å². The predicted octanol–water partition coefficient (Wildman–Crippen LogP) is 5.32. The van der Waals surface area contributed by atoms with E-state index in [0.717, 1.165) is 31.6 Å². The number of aliphatic hydroxyl groups excluding tert-OH is 1. The van der Waals surface area contributed by atoms with Crippen LogP contribution < -0.4 is 0 Å². The zero-order valence-electron chi connectivity index (χ0n) is 15.9. The first-order valence-corrected chi connectivity index (χ1v) is 10.2. The van der Waals surface area contributed by atoms with Gasteiger partial charge in [0.25, 0.3) is 0 Å². The second-order valence-corrected chi connectivity index (χ2v) is 9.31. The van der Waals surface area contributed by atoms with Crippen LogP contribution in [0.3, 0.4) is 0 Å². The summed E-state index contributed by atoms with van der Waals surface area (Å²) < 4.78 is 0. The highest BCUT2D eigenvalue weighted by atomic mass is 16.3. The van der Waals surface area contributed by atoms with Gasteiger partial charge in [-0.3, -0.25) is 4.98 Å². The van der Waals surface area contributed by atoms with Gasteiger partial charge in [0.05, 0.1) is 6.10 Å². The van der Waals surface area contributed by atoms with Crippen LogP contribution in [0.25, 0.3) is 5.57 Å². The van der Waals surface area contributed by atoms with Crippen molar-refractivity contribution >= 4 is 5.57 Å². The predicted molar refractivity (Wildman–Crippen MR) is 105 cm³/mol. The van der Waals surface area contributed by atoms with Crippen LogP contribution >= 0.6 is 0 Å². The summed E-state index contributed by atoms with van der Waals surface area (Å²) in [6.45, 7) is 4.93. The number of aromatic nitrogens is 1. The van der Waals surface area contributed by atoms with Gasteiger partial charge < -0.3 is 5.11 Å². The maximum absolute atomic E-state index is 10.1. The summed E-state index contributed by atoms with van der Waals surface area (Å²) in [5.41, 5.74) is 6.38. The first-order chi connectivity index (χ1) is 12.5. The van der Waals surface area contributed by atoms with Crippen LogP contribution in [-0.4, -0.2) is 16.2 Å². The molecule has 5 rings (SSSR count). The molecule has 1 N–H and O–H groups in total. The highest BCUT2D eigenvalue weighted by Gasteiger charge is 2.54. The van der Waals surface area contributed by atoms with Crippen molar-refractivity contribution in [1.82, 2.24) is 4.98 Å². The Hall–Kier alpha value is -1.67. The summed E-state index contributed by atoms with van der Waals surface area (Å²) >= 11 is 0. The Morgan fingerprint density at radius 3 is 2.85 bits per heavy atom. The van der Waals surface area contributed by atoms with Crippen molar-refractivity contribution in [3.8, 4) is 0 Å². The van der Waals surface area contributed by atoms with Gasteiger partial charge in [0.1, 0.15) is 0 Å². The van der Waals surface area contributed by atoms with Crippen molar-refractivity contribution < 1.29 is 5.11 Å². The van der Waals surface area contributed by atoms with Crippen molar-refractivity contribution in [3.63, 3.8) is 0 Å². The molecule has 4 aliphatic rings. The van der Waals surface area contributed by atoms with Crippen LogP contribution in [0.5, 0.6) is 0 Å². The molecule has 0 bridgehead atoms. The minimum absolute atomic E-state index is 0.121. The zero-order valence-corrected chi connectivity index (χ0v) is 15.9. The summed E-state index contributed by atoms with van der Waals surface area (Å²) in [5.74, 6) is 1.39.